The number of carbonyl (C=O) groups excluding carboxylic acids is 3. The number of ether oxygens (including phenoxy) is 3. The largest absolute Gasteiger partial charge is 0.462 e. The predicted octanol–water partition coefficient (Wildman–Crippen LogP) is 22.7. The number of hydrogen-bond donors (Lipinski definition) is 0. The van der Waals surface area contributed by atoms with Crippen LogP contribution in [0.15, 0.2) is 146 Å². The van der Waals surface area contributed by atoms with Crippen LogP contribution in [0.2, 0.25) is 0 Å². The van der Waals surface area contributed by atoms with E-state index < -0.39 is 6.10 Å². The van der Waals surface area contributed by atoms with Crippen LogP contribution in [0.3, 0.4) is 0 Å². The maximum Gasteiger partial charge on any atom is 0.306 e. The maximum atomic E-state index is 12.9. The van der Waals surface area contributed by atoms with Crippen LogP contribution in [0, 0.1) is 0 Å². The molecular formula is C74H120O6. The summed E-state index contributed by atoms with van der Waals surface area (Å²) in [5.74, 6) is -0.950. The van der Waals surface area contributed by atoms with Gasteiger partial charge in [0.05, 0.1) is 0 Å². The first-order valence-corrected chi connectivity index (χ1v) is 32.8. The van der Waals surface area contributed by atoms with Gasteiger partial charge in [0, 0.05) is 19.3 Å². The van der Waals surface area contributed by atoms with E-state index in [1.54, 1.807) is 0 Å². The van der Waals surface area contributed by atoms with E-state index >= 15 is 0 Å². The Kier molecular flexibility index (Phi) is 62.9. The van der Waals surface area contributed by atoms with E-state index in [4.69, 9.17) is 14.2 Å². The molecule has 1 unspecified atom stereocenters. The summed E-state index contributed by atoms with van der Waals surface area (Å²) in [5.41, 5.74) is 0. The molecule has 0 aliphatic carbocycles. The topological polar surface area (TPSA) is 78.9 Å². The van der Waals surface area contributed by atoms with Crippen molar-refractivity contribution in [2.75, 3.05) is 13.2 Å². The van der Waals surface area contributed by atoms with Gasteiger partial charge in [-0.1, -0.05) is 289 Å². The van der Waals surface area contributed by atoms with Crippen molar-refractivity contribution in [3.8, 4) is 0 Å². The van der Waals surface area contributed by atoms with Crippen molar-refractivity contribution in [2.45, 2.75) is 290 Å². The second-order valence-electron chi connectivity index (χ2n) is 21.3. The van der Waals surface area contributed by atoms with Crippen LogP contribution in [-0.4, -0.2) is 37.2 Å². The van der Waals surface area contributed by atoms with E-state index in [-0.39, 0.29) is 37.5 Å². The van der Waals surface area contributed by atoms with Gasteiger partial charge in [-0.2, -0.15) is 0 Å². The van der Waals surface area contributed by atoms with Gasteiger partial charge in [0.15, 0.2) is 6.10 Å². The Morgan fingerprint density at radius 2 is 0.487 bits per heavy atom. The van der Waals surface area contributed by atoms with Crippen LogP contribution < -0.4 is 0 Å². The molecule has 0 aromatic carbocycles. The van der Waals surface area contributed by atoms with Crippen molar-refractivity contribution in [1.29, 1.82) is 0 Å². The van der Waals surface area contributed by atoms with Gasteiger partial charge in [0.2, 0.25) is 0 Å². The average Bonchev–Trinajstić information content (AvgIpc) is 3.46. The minimum atomic E-state index is -0.811. The summed E-state index contributed by atoms with van der Waals surface area (Å²) in [5, 5.41) is 0. The highest BCUT2D eigenvalue weighted by Crippen LogP contribution is 2.15. The molecule has 0 heterocycles. The molecule has 1 atom stereocenters. The number of carbonyl (C=O) groups is 3. The lowest BCUT2D eigenvalue weighted by Crippen LogP contribution is -2.30. The quantitative estimate of drug-likeness (QED) is 0.0261. The third-order valence-corrected chi connectivity index (χ3v) is 13.6. The Hall–Kier alpha value is -4.71. The third kappa shape index (κ3) is 64.1. The first-order valence-electron chi connectivity index (χ1n) is 32.8. The SMILES string of the molecule is CC/C=C\C/C=C\C/C=C\C/C=C\C/C=C\C/C=C\CCCCCCCCCCC(=O)OCC(COC(=O)CCCCCCCCCCCCCCCC)OC(=O)CCCC/C=C\C/C=C\C/C=C\C/C=C\C/C=C\C/C=C\CC. The number of rotatable bonds is 58. The zero-order valence-electron chi connectivity index (χ0n) is 51.8. The van der Waals surface area contributed by atoms with E-state index in [9.17, 15) is 14.4 Å². The Balaban J connectivity index is 4.44. The van der Waals surface area contributed by atoms with E-state index in [0.717, 1.165) is 135 Å². The Bertz CT molecular complexity index is 1750. The van der Waals surface area contributed by atoms with Gasteiger partial charge in [0.1, 0.15) is 13.2 Å². The van der Waals surface area contributed by atoms with Gasteiger partial charge in [0.25, 0.3) is 0 Å². The normalized spacial score (nSPS) is 13.1. The standard InChI is InChI=1S/C74H120O6/c1-4-7-10-13-16-19-22-25-28-30-32-34-35-36-37-38-39-41-42-44-46-49-52-55-58-61-64-67-73(76)79-70-71(69-78-72(75)66-63-60-57-54-51-48-27-24-21-18-15-12-9-6-3)80-74(77)68-65-62-59-56-53-50-47-45-43-40-33-31-29-26-23-20-17-14-11-8-5-2/h7-8,10-11,16-17,19-20,25-26,28-29,32-34,36-37,39-41,45,47,53,56,71H,4-6,9,12-15,18,21-24,27,30-31,35,38,42-44,46,48-52,54-55,57-70H2,1-3H3/b10-7-,11-8-,19-16-,20-17-,28-25-,29-26-,34-32-,37-36-,40-33-,41-39-,47-45-,56-53-. The van der Waals surface area contributed by atoms with Crippen LogP contribution in [-0.2, 0) is 28.6 Å². The highest BCUT2D eigenvalue weighted by Gasteiger charge is 2.19. The lowest BCUT2D eigenvalue weighted by atomic mass is 10.0. The summed E-state index contributed by atoms with van der Waals surface area (Å²) in [6.45, 7) is 6.38. The minimum Gasteiger partial charge on any atom is -0.462 e. The van der Waals surface area contributed by atoms with Gasteiger partial charge in [-0.05, 0) is 122 Å². The highest BCUT2D eigenvalue weighted by molar-refractivity contribution is 5.71. The highest BCUT2D eigenvalue weighted by atomic mass is 16.6. The second-order valence-corrected chi connectivity index (χ2v) is 21.3. The molecule has 6 heteroatoms. The molecule has 452 valence electrons. The number of allylic oxidation sites excluding steroid dienone is 24. The zero-order chi connectivity index (χ0) is 57.8. The van der Waals surface area contributed by atoms with E-state index in [0.29, 0.717) is 19.3 Å². The molecule has 0 saturated carbocycles. The molecule has 0 fully saturated rings. The fourth-order valence-corrected chi connectivity index (χ4v) is 8.74. The smallest absolute Gasteiger partial charge is 0.306 e. The van der Waals surface area contributed by atoms with Crippen molar-refractivity contribution in [2.24, 2.45) is 0 Å². The number of unbranched alkanes of at least 4 members (excludes halogenated alkanes) is 23. The van der Waals surface area contributed by atoms with Gasteiger partial charge in [-0.25, -0.2) is 0 Å². The maximum absolute atomic E-state index is 12.9. The summed E-state index contributed by atoms with van der Waals surface area (Å²) in [4.78, 5) is 38.4. The molecule has 0 aliphatic heterocycles. The molecule has 6 nitrogen and oxygen atoms in total. The zero-order valence-corrected chi connectivity index (χ0v) is 51.8. The number of esters is 3. The van der Waals surface area contributed by atoms with Gasteiger partial charge < -0.3 is 14.2 Å². The second kappa shape index (κ2) is 66.8. The summed E-state index contributed by atoms with van der Waals surface area (Å²) in [6, 6.07) is 0. The first kappa shape index (κ1) is 75.3. The molecule has 0 saturated heterocycles. The summed E-state index contributed by atoms with van der Waals surface area (Å²) >= 11 is 0. The van der Waals surface area contributed by atoms with Crippen LogP contribution >= 0.6 is 0 Å². The van der Waals surface area contributed by atoms with Crippen LogP contribution in [0.1, 0.15) is 284 Å². The van der Waals surface area contributed by atoms with Crippen molar-refractivity contribution in [3.05, 3.63) is 146 Å². The first-order chi connectivity index (χ1) is 39.5. The van der Waals surface area contributed by atoms with Gasteiger partial charge in [-0.15, -0.1) is 0 Å². The van der Waals surface area contributed by atoms with Crippen molar-refractivity contribution in [1.82, 2.24) is 0 Å². The molecule has 0 aliphatic rings. The molecule has 0 amide bonds. The fraction of sp³-hybridized carbons (Fsp3) is 0.635. The molecule has 0 N–H and O–H groups in total. The van der Waals surface area contributed by atoms with E-state index in [1.165, 1.54) is 103 Å². The predicted molar refractivity (Wildman–Crippen MR) is 348 cm³/mol. The minimum absolute atomic E-state index is 0.101. The molecular weight excluding hydrogens is 985 g/mol. The summed E-state index contributed by atoms with van der Waals surface area (Å²) in [6.07, 6.45) is 95.6. The molecule has 0 bridgehead atoms. The molecule has 0 rings (SSSR count). The Labute approximate surface area is 493 Å². The summed E-state index contributed by atoms with van der Waals surface area (Å²) in [7, 11) is 0. The van der Waals surface area contributed by atoms with Crippen LogP contribution in [0.4, 0.5) is 0 Å². The molecule has 0 aromatic rings. The lowest BCUT2D eigenvalue weighted by molar-refractivity contribution is -0.167. The van der Waals surface area contributed by atoms with Crippen molar-refractivity contribution in [3.63, 3.8) is 0 Å². The van der Waals surface area contributed by atoms with E-state index in [1.807, 2.05) is 0 Å². The average molecular weight is 1110 g/mol. The van der Waals surface area contributed by atoms with Crippen LogP contribution in [0.5, 0.6) is 0 Å². The Morgan fingerprint density at radius 3 is 0.787 bits per heavy atom. The fourth-order valence-electron chi connectivity index (χ4n) is 8.74. The monoisotopic (exact) mass is 1100 g/mol. The molecule has 80 heavy (non-hydrogen) atoms. The van der Waals surface area contributed by atoms with Crippen molar-refractivity contribution < 1.29 is 28.6 Å². The lowest BCUT2D eigenvalue weighted by Gasteiger charge is -2.18. The summed E-state index contributed by atoms with van der Waals surface area (Å²) < 4.78 is 16.9. The Morgan fingerprint density at radius 1 is 0.263 bits per heavy atom. The molecule has 0 spiro atoms. The third-order valence-electron chi connectivity index (χ3n) is 13.6. The molecule has 0 radical (unpaired) electrons. The molecule has 0 aromatic heterocycles. The van der Waals surface area contributed by atoms with Crippen LogP contribution in [0.25, 0.3) is 0 Å². The van der Waals surface area contributed by atoms with Gasteiger partial charge in [-0.3, -0.25) is 14.4 Å². The van der Waals surface area contributed by atoms with E-state index in [2.05, 4.69) is 167 Å². The number of hydrogen-bond acceptors (Lipinski definition) is 6. The van der Waals surface area contributed by atoms with Gasteiger partial charge >= 0.3 is 17.9 Å². The van der Waals surface area contributed by atoms with Crippen molar-refractivity contribution >= 4 is 17.9 Å².